The van der Waals surface area contributed by atoms with Gasteiger partial charge in [0.25, 0.3) is 0 Å². The van der Waals surface area contributed by atoms with E-state index < -0.39 is 0 Å². The second-order valence-corrected chi connectivity index (χ2v) is 14.4. The average Bonchev–Trinajstić information content (AvgIpc) is 3.27. The summed E-state index contributed by atoms with van der Waals surface area (Å²) in [5.74, 6) is 0. The van der Waals surface area contributed by atoms with Gasteiger partial charge in [-0.1, -0.05) is 84.9 Å². The Hall–Kier alpha value is -7.00. The predicted molar refractivity (Wildman–Crippen MR) is 231 cm³/mol. The van der Waals surface area contributed by atoms with Crippen molar-refractivity contribution in [3.8, 4) is 22.5 Å². The van der Waals surface area contributed by atoms with Crippen molar-refractivity contribution in [3.05, 3.63) is 217 Å². The van der Waals surface area contributed by atoms with Gasteiger partial charge in [0.15, 0.2) is 0 Å². The van der Waals surface area contributed by atoms with Crippen LogP contribution in [0.15, 0.2) is 183 Å². The van der Waals surface area contributed by atoms with Crippen molar-refractivity contribution in [1.29, 1.82) is 0 Å². The third kappa shape index (κ3) is 8.54. The first kappa shape index (κ1) is 36.6. The maximum absolute atomic E-state index is 5.37. The summed E-state index contributed by atoms with van der Waals surface area (Å²) in [6.07, 6.45) is 7.39. The van der Waals surface area contributed by atoms with Crippen LogP contribution in [0.4, 0.5) is 0 Å². The van der Waals surface area contributed by atoms with Gasteiger partial charge >= 0.3 is 0 Å². The standard InChI is InChI=1S/C50H42N8/c1-2-22-44-43(21-1)49(47-25-13-19-41(55-47)35-57(31-37-15-5-9-27-51-37)32-38-16-6-10-28-52-38)45-23-3-4-24-46(45)50(44)48-26-14-20-42(56-48)36-58(33-39-17-7-11-29-53-39)34-40-18-8-12-30-54-40/h1-30H,31-36H2. The van der Waals surface area contributed by atoms with Crippen LogP contribution in [0, 0.1) is 0 Å². The van der Waals surface area contributed by atoms with E-state index in [1.165, 1.54) is 0 Å². The summed E-state index contributed by atoms with van der Waals surface area (Å²) in [5, 5.41) is 4.55. The highest BCUT2D eigenvalue weighted by Crippen LogP contribution is 2.42. The molecule has 3 aromatic carbocycles. The van der Waals surface area contributed by atoms with E-state index in [9.17, 15) is 0 Å². The zero-order chi connectivity index (χ0) is 38.9. The highest BCUT2D eigenvalue weighted by molar-refractivity contribution is 6.20. The maximum atomic E-state index is 5.37. The van der Waals surface area contributed by atoms with E-state index in [4.69, 9.17) is 9.97 Å². The second-order valence-electron chi connectivity index (χ2n) is 14.4. The molecule has 0 N–H and O–H groups in total. The molecule has 0 bridgehead atoms. The topological polar surface area (TPSA) is 83.8 Å². The molecule has 0 fully saturated rings. The Bertz CT molecular complexity index is 2420. The molecule has 0 radical (unpaired) electrons. The van der Waals surface area contributed by atoms with E-state index in [-0.39, 0.29) is 0 Å². The van der Waals surface area contributed by atoms with Gasteiger partial charge in [-0.2, -0.15) is 0 Å². The highest BCUT2D eigenvalue weighted by atomic mass is 15.2. The van der Waals surface area contributed by atoms with Gasteiger partial charge in [-0.15, -0.1) is 0 Å². The van der Waals surface area contributed by atoms with Gasteiger partial charge in [0.2, 0.25) is 0 Å². The van der Waals surface area contributed by atoms with Crippen LogP contribution >= 0.6 is 0 Å². The Morgan fingerprint density at radius 3 is 0.845 bits per heavy atom. The van der Waals surface area contributed by atoms with Crippen molar-refractivity contribution in [2.45, 2.75) is 39.3 Å². The van der Waals surface area contributed by atoms with Crippen molar-refractivity contribution >= 4 is 21.5 Å². The molecule has 6 heterocycles. The van der Waals surface area contributed by atoms with Crippen molar-refractivity contribution in [2.24, 2.45) is 0 Å². The zero-order valence-corrected chi connectivity index (χ0v) is 32.1. The van der Waals surface area contributed by atoms with Gasteiger partial charge in [-0.25, -0.2) is 0 Å². The first-order valence-electron chi connectivity index (χ1n) is 19.6. The first-order valence-corrected chi connectivity index (χ1v) is 19.6. The number of hydrogen-bond donors (Lipinski definition) is 0. The summed E-state index contributed by atoms with van der Waals surface area (Å²) in [6, 6.07) is 54.3. The number of aromatic nitrogens is 6. The lowest BCUT2D eigenvalue weighted by Gasteiger charge is -2.22. The summed E-state index contributed by atoms with van der Waals surface area (Å²) in [4.78, 5) is 33.9. The molecule has 0 amide bonds. The Morgan fingerprint density at radius 2 is 0.552 bits per heavy atom. The van der Waals surface area contributed by atoms with E-state index in [0.29, 0.717) is 39.3 Å². The van der Waals surface area contributed by atoms with Crippen LogP contribution < -0.4 is 0 Å². The van der Waals surface area contributed by atoms with Crippen LogP contribution in [0.3, 0.4) is 0 Å². The largest absolute Gasteiger partial charge is 0.286 e. The monoisotopic (exact) mass is 754 g/mol. The van der Waals surface area contributed by atoms with E-state index >= 15 is 0 Å². The molecular formula is C50H42N8. The van der Waals surface area contributed by atoms with Gasteiger partial charge in [0, 0.05) is 75.2 Å². The van der Waals surface area contributed by atoms with Crippen LogP contribution in [0.25, 0.3) is 44.1 Å². The van der Waals surface area contributed by atoms with Gasteiger partial charge in [0.1, 0.15) is 0 Å². The van der Waals surface area contributed by atoms with Gasteiger partial charge < -0.3 is 0 Å². The number of rotatable bonds is 14. The zero-order valence-electron chi connectivity index (χ0n) is 32.1. The molecule has 6 aromatic heterocycles. The third-order valence-electron chi connectivity index (χ3n) is 10.3. The molecular weight excluding hydrogens is 713 g/mol. The number of nitrogens with zero attached hydrogens (tertiary/aromatic N) is 8. The van der Waals surface area contributed by atoms with Gasteiger partial charge in [0.05, 0.1) is 45.6 Å². The minimum absolute atomic E-state index is 0.642. The van der Waals surface area contributed by atoms with Crippen molar-refractivity contribution in [3.63, 3.8) is 0 Å². The fraction of sp³-hybridized carbons (Fsp3) is 0.120. The van der Waals surface area contributed by atoms with Crippen LogP contribution in [0.1, 0.15) is 34.2 Å². The van der Waals surface area contributed by atoms with Crippen LogP contribution in [-0.4, -0.2) is 39.7 Å². The third-order valence-corrected chi connectivity index (χ3v) is 10.3. The SMILES string of the molecule is c1ccc(CN(Cc2ccccn2)Cc2cccc(-c3c4ccccc4c(-c4cccc(CN(Cc5ccccn5)Cc5ccccn5)n4)c4ccccc34)n2)nc1. The second kappa shape index (κ2) is 17.4. The van der Waals surface area contributed by atoms with E-state index in [1.807, 2.05) is 73.3 Å². The fourth-order valence-corrected chi connectivity index (χ4v) is 7.77. The first-order chi connectivity index (χ1) is 28.7. The minimum atomic E-state index is 0.642. The lowest BCUT2D eigenvalue weighted by atomic mass is 9.88. The molecule has 0 aliphatic rings. The maximum Gasteiger partial charge on any atom is 0.0718 e. The summed E-state index contributed by atoms with van der Waals surface area (Å²) in [7, 11) is 0. The smallest absolute Gasteiger partial charge is 0.0718 e. The number of fused-ring (bicyclic) bond motifs is 2. The van der Waals surface area contributed by atoms with Crippen molar-refractivity contribution in [1.82, 2.24) is 39.7 Å². The molecule has 0 aliphatic carbocycles. The predicted octanol–water partition coefficient (Wildman–Crippen LogP) is 10.1. The molecule has 9 aromatic rings. The molecule has 9 rings (SSSR count). The number of hydrogen-bond acceptors (Lipinski definition) is 8. The lowest BCUT2D eigenvalue weighted by molar-refractivity contribution is 0.239. The van der Waals surface area contributed by atoms with Crippen molar-refractivity contribution < 1.29 is 0 Å². The van der Waals surface area contributed by atoms with E-state index in [2.05, 4.69) is 139 Å². The molecule has 0 saturated heterocycles. The van der Waals surface area contributed by atoms with Crippen LogP contribution in [0.5, 0.6) is 0 Å². The van der Waals surface area contributed by atoms with Crippen LogP contribution in [0.2, 0.25) is 0 Å². The van der Waals surface area contributed by atoms with E-state index in [0.717, 1.165) is 78.2 Å². The van der Waals surface area contributed by atoms with Gasteiger partial charge in [-0.05, 0) is 94.3 Å². The highest BCUT2D eigenvalue weighted by Gasteiger charge is 2.20. The molecule has 8 heteroatoms. The normalized spacial score (nSPS) is 11.5. The quantitative estimate of drug-likeness (QED) is 0.102. The molecule has 0 saturated carbocycles. The fourth-order valence-electron chi connectivity index (χ4n) is 7.77. The van der Waals surface area contributed by atoms with Crippen LogP contribution in [-0.2, 0) is 39.3 Å². The number of pyridine rings is 6. The summed E-state index contributed by atoms with van der Waals surface area (Å²) >= 11 is 0. The molecule has 8 nitrogen and oxygen atoms in total. The Kier molecular flexibility index (Phi) is 11.0. The Balaban J connectivity index is 1.08. The molecule has 282 valence electrons. The molecule has 0 atom stereocenters. The van der Waals surface area contributed by atoms with Crippen molar-refractivity contribution in [2.75, 3.05) is 0 Å². The Labute approximate surface area is 338 Å². The van der Waals surface area contributed by atoms with E-state index in [1.54, 1.807) is 0 Å². The lowest BCUT2D eigenvalue weighted by Crippen LogP contribution is -2.24. The molecule has 0 spiro atoms. The Morgan fingerprint density at radius 1 is 0.276 bits per heavy atom. The number of benzene rings is 3. The molecule has 0 unspecified atom stereocenters. The molecule has 0 aliphatic heterocycles. The average molecular weight is 755 g/mol. The minimum Gasteiger partial charge on any atom is -0.286 e. The summed E-state index contributed by atoms with van der Waals surface area (Å²) < 4.78 is 0. The molecule has 58 heavy (non-hydrogen) atoms. The summed E-state index contributed by atoms with van der Waals surface area (Å²) in [5.41, 5.74) is 10.1. The summed E-state index contributed by atoms with van der Waals surface area (Å²) in [6.45, 7) is 4.01. The van der Waals surface area contributed by atoms with Gasteiger partial charge in [-0.3, -0.25) is 39.7 Å².